The highest BCUT2D eigenvalue weighted by molar-refractivity contribution is 14.0. The van der Waals surface area contributed by atoms with E-state index in [1.807, 2.05) is 31.2 Å². The predicted molar refractivity (Wildman–Crippen MR) is 98.7 cm³/mol. The number of halogens is 4. The lowest BCUT2D eigenvalue weighted by Gasteiger charge is -2.14. The largest absolute Gasteiger partial charge is 0.573 e. The topological polar surface area (TPSA) is 59.6 Å². The van der Waals surface area contributed by atoms with Gasteiger partial charge in [-0.05, 0) is 30.2 Å². The number of para-hydroxylation sites is 2. The van der Waals surface area contributed by atoms with Gasteiger partial charge >= 0.3 is 6.36 Å². The number of hydrogen-bond donors (Lipinski definition) is 2. The zero-order chi connectivity index (χ0) is 16.9. The lowest BCUT2D eigenvalue weighted by molar-refractivity contribution is -0.274. The maximum absolute atomic E-state index is 12.4. The average molecular weight is 451 g/mol. The number of ether oxygens (including phenoxy) is 1. The average Bonchev–Trinajstić information content (AvgIpc) is 2.47. The van der Waals surface area contributed by atoms with Gasteiger partial charge in [0.25, 0.3) is 0 Å². The van der Waals surface area contributed by atoms with E-state index in [2.05, 4.69) is 15.0 Å². The third kappa shape index (κ3) is 6.26. The Morgan fingerprint density at radius 1 is 1.12 bits per heavy atom. The van der Waals surface area contributed by atoms with E-state index in [0.29, 0.717) is 6.54 Å². The fourth-order valence-corrected chi connectivity index (χ4v) is 1.92. The molecule has 2 rings (SSSR count). The van der Waals surface area contributed by atoms with Crippen LogP contribution in [0.3, 0.4) is 0 Å². The minimum absolute atomic E-state index is 0. The number of nitrogens with two attached hydrogens (primary N) is 1. The van der Waals surface area contributed by atoms with Crippen LogP contribution in [0.5, 0.6) is 5.75 Å². The monoisotopic (exact) mass is 451 g/mol. The molecule has 2 aromatic carbocycles. The van der Waals surface area contributed by atoms with Crippen molar-refractivity contribution in [2.24, 2.45) is 10.7 Å². The van der Waals surface area contributed by atoms with E-state index in [1.54, 1.807) is 6.07 Å². The molecule has 3 N–H and O–H groups in total. The van der Waals surface area contributed by atoms with Crippen LogP contribution in [0.25, 0.3) is 0 Å². The quantitative estimate of drug-likeness (QED) is 0.411. The van der Waals surface area contributed by atoms with Crippen LogP contribution >= 0.6 is 24.0 Å². The van der Waals surface area contributed by atoms with E-state index in [1.165, 1.54) is 18.2 Å². The third-order valence-corrected chi connectivity index (χ3v) is 3.06. The summed E-state index contributed by atoms with van der Waals surface area (Å²) in [6, 6.07) is 13.3. The fourth-order valence-electron chi connectivity index (χ4n) is 1.92. The highest BCUT2D eigenvalue weighted by Crippen LogP contribution is 2.29. The molecule has 2 aromatic rings. The Morgan fingerprint density at radius 3 is 2.42 bits per heavy atom. The van der Waals surface area contributed by atoms with E-state index in [9.17, 15) is 13.2 Å². The molecule has 0 amide bonds. The second-order valence-electron chi connectivity index (χ2n) is 4.80. The minimum atomic E-state index is -4.77. The van der Waals surface area contributed by atoms with Crippen LogP contribution in [0, 0.1) is 6.92 Å². The molecular formula is C16H17F3IN3O. The number of guanidine groups is 1. The second kappa shape index (κ2) is 8.76. The highest BCUT2D eigenvalue weighted by Gasteiger charge is 2.32. The van der Waals surface area contributed by atoms with Crippen LogP contribution < -0.4 is 15.8 Å². The van der Waals surface area contributed by atoms with E-state index >= 15 is 0 Å². The van der Waals surface area contributed by atoms with E-state index < -0.39 is 6.36 Å². The number of aryl methyl sites for hydroxylation is 1. The van der Waals surface area contributed by atoms with Gasteiger partial charge in [-0.2, -0.15) is 0 Å². The standard InChI is InChI=1S/C16H16F3N3O.HI/c1-11-6-2-3-7-12(11)10-21-15(20)22-13-8-4-5-9-14(13)23-16(17,18)19;/h2-9H,10H2,1H3,(H3,20,21,22);1H. The van der Waals surface area contributed by atoms with Gasteiger partial charge in [-0.15, -0.1) is 37.1 Å². The van der Waals surface area contributed by atoms with Crippen LogP contribution in [-0.2, 0) is 6.54 Å². The first kappa shape index (κ1) is 20.1. The van der Waals surface area contributed by atoms with Gasteiger partial charge in [-0.1, -0.05) is 36.4 Å². The predicted octanol–water partition coefficient (Wildman–Crippen LogP) is 4.44. The molecule has 0 radical (unpaired) electrons. The molecule has 130 valence electrons. The van der Waals surface area contributed by atoms with E-state index in [4.69, 9.17) is 5.73 Å². The molecule has 24 heavy (non-hydrogen) atoms. The summed E-state index contributed by atoms with van der Waals surface area (Å²) in [5, 5.41) is 2.63. The number of hydrogen-bond acceptors (Lipinski definition) is 2. The Kier molecular flexibility index (Phi) is 7.33. The van der Waals surface area contributed by atoms with Gasteiger partial charge in [0.1, 0.15) is 0 Å². The van der Waals surface area contributed by atoms with E-state index in [0.717, 1.165) is 11.1 Å². The first-order chi connectivity index (χ1) is 10.8. The van der Waals surface area contributed by atoms with Gasteiger partial charge in [0.2, 0.25) is 0 Å². The van der Waals surface area contributed by atoms with Crippen molar-refractivity contribution in [3.63, 3.8) is 0 Å². The maximum atomic E-state index is 12.4. The number of nitrogens with zero attached hydrogens (tertiary/aromatic N) is 1. The number of aliphatic imine (C=N–C) groups is 1. The van der Waals surface area contributed by atoms with Gasteiger partial charge in [-0.25, -0.2) is 4.99 Å². The summed E-state index contributed by atoms with van der Waals surface area (Å²) >= 11 is 0. The van der Waals surface area contributed by atoms with Crippen molar-refractivity contribution in [3.05, 3.63) is 59.7 Å². The van der Waals surface area contributed by atoms with Gasteiger partial charge in [0.15, 0.2) is 11.7 Å². The Labute approximate surface area is 154 Å². The molecular weight excluding hydrogens is 434 g/mol. The van der Waals surface area contributed by atoms with Crippen LogP contribution in [0.2, 0.25) is 0 Å². The van der Waals surface area contributed by atoms with Crippen LogP contribution in [0.1, 0.15) is 11.1 Å². The van der Waals surface area contributed by atoms with Gasteiger partial charge in [-0.3, -0.25) is 0 Å². The number of alkyl halides is 3. The Morgan fingerprint density at radius 2 is 1.75 bits per heavy atom. The Bertz CT molecular complexity index is 705. The van der Waals surface area contributed by atoms with Crippen LogP contribution in [0.4, 0.5) is 18.9 Å². The van der Waals surface area contributed by atoms with Crippen molar-refractivity contribution < 1.29 is 17.9 Å². The first-order valence-electron chi connectivity index (χ1n) is 6.81. The highest BCUT2D eigenvalue weighted by atomic mass is 127. The van der Waals surface area contributed by atoms with Crippen LogP contribution in [0.15, 0.2) is 53.5 Å². The molecule has 0 fully saturated rings. The number of rotatable bonds is 4. The maximum Gasteiger partial charge on any atom is 0.573 e. The molecule has 0 aliphatic rings. The van der Waals surface area contributed by atoms with Crippen molar-refractivity contribution in [1.29, 1.82) is 0 Å². The molecule has 8 heteroatoms. The molecule has 0 aliphatic carbocycles. The summed E-state index contributed by atoms with van der Waals surface area (Å²) in [6.45, 7) is 2.27. The van der Waals surface area contributed by atoms with Crippen molar-refractivity contribution in [2.75, 3.05) is 5.32 Å². The molecule has 0 bridgehead atoms. The third-order valence-electron chi connectivity index (χ3n) is 3.06. The summed E-state index contributed by atoms with van der Waals surface area (Å²) in [5.74, 6) is -0.361. The van der Waals surface area contributed by atoms with Gasteiger partial charge < -0.3 is 15.8 Å². The summed E-state index contributed by atoms with van der Waals surface area (Å²) < 4.78 is 41.0. The summed E-state index contributed by atoms with van der Waals surface area (Å²) in [5.41, 5.74) is 7.88. The molecule has 0 atom stereocenters. The zero-order valence-electron chi connectivity index (χ0n) is 12.8. The lowest BCUT2D eigenvalue weighted by atomic mass is 10.1. The second-order valence-corrected chi connectivity index (χ2v) is 4.80. The smallest absolute Gasteiger partial charge is 0.404 e. The molecule has 0 heterocycles. The Balaban J connectivity index is 0.00000288. The molecule has 0 saturated carbocycles. The van der Waals surface area contributed by atoms with Crippen molar-refractivity contribution in [2.45, 2.75) is 19.8 Å². The first-order valence-corrected chi connectivity index (χ1v) is 6.81. The van der Waals surface area contributed by atoms with Gasteiger partial charge in [0.05, 0.1) is 12.2 Å². The normalized spacial score (nSPS) is 11.6. The SMILES string of the molecule is Cc1ccccc1CN=C(N)Nc1ccccc1OC(F)(F)F.I. The van der Waals surface area contributed by atoms with Crippen LogP contribution in [-0.4, -0.2) is 12.3 Å². The summed E-state index contributed by atoms with van der Waals surface area (Å²) in [4.78, 5) is 4.13. The summed E-state index contributed by atoms with van der Waals surface area (Å²) in [7, 11) is 0. The molecule has 0 spiro atoms. The zero-order valence-corrected chi connectivity index (χ0v) is 15.1. The number of benzene rings is 2. The molecule has 0 aliphatic heterocycles. The molecule has 0 aromatic heterocycles. The Hall–Kier alpha value is -1.97. The summed E-state index contributed by atoms with van der Waals surface area (Å²) in [6.07, 6.45) is -4.77. The van der Waals surface area contributed by atoms with Crippen molar-refractivity contribution in [1.82, 2.24) is 0 Å². The molecule has 4 nitrogen and oxygen atoms in total. The van der Waals surface area contributed by atoms with E-state index in [-0.39, 0.29) is 41.4 Å². The minimum Gasteiger partial charge on any atom is -0.404 e. The van der Waals surface area contributed by atoms with Gasteiger partial charge in [0, 0.05) is 0 Å². The molecule has 0 unspecified atom stereocenters. The van der Waals surface area contributed by atoms with Crippen molar-refractivity contribution >= 4 is 35.6 Å². The number of nitrogens with one attached hydrogen (secondary N) is 1. The molecule has 0 saturated heterocycles. The number of anilines is 1. The lowest BCUT2D eigenvalue weighted by Crippen LogP contribution is -2.24. The fraction of sp³-hybridized carbons (Fsp3) is 0.188. The van der Waals surface area contributed by atoms with Crippen molar-refractivity contribution in [3.8, 4) is 5.75 Å².